The van der Waals surface area contributed by atoms with Gasteiger partial charge in [0.15, 0.2) is 0 Å². The predicted molar refractivity (Wildman–Crippen MR) is 107 cm³/mol. The van der Waals surface area contributed by atoms with Gasteiger partial charge in [-0.25, -0.2) is 8.42 Å². The van der Waals surface area contributed by atoms with Crippen molar-refractivity contribution in [3.05, 3.63) is 23.8 Å². The zero-order chi connectivity index (χ0) is 20.9. The highest BCUT2D eigenvalue weighted by molar-refractivity contribution is 7.89. The number of aryl methyl sites for hydroxylation is 1. The van der Waals surface area contributed by atoms with Crippen LogP contribution in [0.5, 0.6) is 5.75 Å². The van der Waals surface area contributed by atoms with Crippen LogP contribution in [-0.4, -0.2) is 83.2 Å². The maximum absolute atomic E-state index is 13.0. The summed E-state index contributed by atoms with van der Waals surface area (Å²) in [5, 5.41) is 0. The van der Waals surface area contributed by atoms with Crippen molar-refractivity contribution >= 4 is 15.9 Å². The molecule has 0 atom stereocenters. The average Bonchev–Trinajstić information content (AvgIpc) is 2.75. The van der Waals surface area contributed by atoms with Crippen molar-refractivity contribution in [3.8, 4) is 5.75 Å². The molecule has 0 bridgehead atoms. The van der Waals surface area contributed by atoms with E-state index in [0.29, 0.717) is 71.2 Å². The second-order valence-electron chi connectivity index (χ2n) is 7.38. The van der Waals surface area contributed by atoms with Crippen LogP contribution in [0.3, 0.4) is 0 Å². The Kier molecular flexibility index (Phi) is 7.50. The van der Waals surface area contributed by atoms with E-state index in [4.69, 9.17) is 14.2 Å². The van der Waals surface area contributed by atoms with E-state index in [1.54, 1.807) is 25.3 Å². The minimum Gasteiger partial charge on any atom is -0.491 e. The number of hydrogen-bond donors (Lipinski definition) is 0. The lowest BCUT2D eigenvalue weighted by Crippen LogP contribution is -2.47. The molecule has 3 rings (SSSR count). The molecule has 1 aromatic carbocycles. The lowest BCUT2D eigenvalue weighted by atomic mass is 9.96. The molecule has 2 heterocycles. The molecule has 2 aliphatic rings. The third-order valence-electron chi connectivity index (χ3n) is 5.46. The van der Waals surface area contributed by atoms with Gasteiger partial charge < -0.3 is 19.1 Å². The molecule has 0 N–H and O–H groups in total. The van der Waals surface area contributed by atoms with E-state index in [0.717, 1.165) is 5.56 Å². The van der Waals surface area contributed by atoms with Crippen molar-refractivity contribution in [2.24, 2.45) is 5.92 Å². The molecule has 0 aliphatic carbocycles. The summed E-state index contributed by atoms with van der Waals surface area (Å²) in [6, 6.07) is 4.91. The van der Waals surface area contributed by atoms with E-state index >= 15 is 0 Å². The van der Waals surface area contributed by atoms with Gasteiger partial charge in [-0.05, 0) is 43.5 Å². The fourth-order valence-electron chi connectivity index (χ4n) is 3.71. The van der Waals surface area contributed by atoms with Crippen molar-refractivity contribution in [2.45, 2.75) is 24.7 Å². The number of amides is 1. The molecule has 2 fully saturated rings. The lowest BCUT2D eigenvalue weighted by Gasteiger charge is -2.35. The molecular weight excluding hydrogens is 396 g/mol. The SMILES string of the molecule is COCCOc1ccc(S(=O)(=O)N2CCC(C(=O)N3CCOCC3)CC2)cc1C. The first-order chi connectivity index (χ1) is 13.9. The fraction of sp³-hybridized carbons (Fsp3) is 0.650. The molecule has 0 radical (unpaired) electrons. The Hall–Kier alpha value is -1.68. The highest BCUT2D eigenvalue weighted by Crippen LogP contribution is 2.28. The number of carbonyl (C=O) groups excluding carboxylic acids is 1. The van der Waals surface area contributed by atoms with Gasteiger partial charge in [-0.3, -0.25) is 4.79 Å². The lowest BCUT2D eigenvalue weighted by molar-refractivity contribution is -0.140. The molecule has 0 saturated carbocycles. The molecule has 29 heavy (non-hydrogen) atoms. The molecule has 1 amide bonds. The number of ether oxygens (including phenoxy) is 3. The second kappa shape index (κ2) is 9.88. The van der Waals surface area contributed by atoms with Crippen LogP contribution >= 0.6 is 0 Å². The summed E-state index contributed by atoms with van der Waals surface area (Å²) >= 11 is 0. The van der Waals surface area contributed by atoms with Gasteiger partial charge in [0, 0.05) is 39.2 Å². The molecule has 0 aromatic heterocycles. The van der Waals surface area contributed by atoms with Crippen molar-refractivity contribution in [2.75, 3.05) is 59.7 Å². The number of hydrogen-bond acceptors (Lipinski definition) is 6. The summed E-state index contributed by atoms with van der Waals surface area (Å²) in [5.41, 5.74) is 0.763. The van der Waals surface area contributed by atoms with Crippen LogP contribution in [-0.2, 0) is 24.3 Å². The van der Waals surface area contributed by atoms with E-state index in [2.05, 4.69) is 0 Å². The van der Waals surface area contributed by atoms with Gasteiger partial charge in [-0.15, -0.1) is 0 Å². The van der Waals surface area contributed by atoms with Crippen molar-refractivity contribution in [1.82, 2.24) is 9.21 Å². The monoisotopic (exact) mass is 426 g/mol. The number of sulfonamides is 1. The number of benzene rings is 1. The first-order valence-corrected chi connectivity index (χ1v) is 11.5. The Labute approximate surface area is 172 Å². The summed E-state index contributed by atoms with van der Waals surface area (Å²) < 4.78 is 43.4. The first kappa shape index (κ1) is 22.0. The van der Waals surface area contributed by atoms with E-state index in [1.807, 2.05) is 11.8 Å². The largest absolute Gasteiger partial charge is 0.491 e. The van der Waals surface area contributed by atoms with E-state index < -0.39 is 10.0 Å². The van der Waals surface area contributed by atoms with Crippen molar-refractivity contribution < 1.29 is 27.4 Å². The minimum absolute atomic E-state index is 0.113. The number of carbonyl (C=O) groups is 1. The van der Waals surface area contributed by atoms with Gasteiger partial charge in [0.05, 0.1) is 24.7 Å². The number of rotatable bonds is 7. The van der Waals surface area contributed by atoms with Crippen molar-refractivity contribution in [1.29, 1.82) is 0 Å². The molecule has 2 aliphatic heterocycles. The number of piperidine rings is 1. The van der Waals surface area contributed by atoms with Crippen LogP contribution in [0.25, 0.3) is 0 Å². The fourth-order valence-corrected chi connectivity index (χ4v) is 5.27. The Morgan fingerprint density at radius 2 is 1.83 bits per heavy atom. The van der Waals surface area contributed by atoms with Crippen LogP contribution in [0.4, 0.5) is 0 Å². The van der Waals surface area contributed by atoms with Gasteiger partial charge in [-0.2, -0.15) is 4.31 Å². The molecule has 8 nitrogen and oxygen atoms in total. The molecule has 2 saturated heterocycles. The highest BCUT2D eigenvalue weighted by Gasteiger charge is 2.34. The topological polar surface area (TPSA) is 85.4 Å². The highest BCUT2D eigenvalue weighted by atomic mass is 32.2. The number of nitrogens with zero attached hydrogens (tertiary/aromatic N) is 2. The molecule has 0 unspecified atom stereocenters. The second-order valence-corrected chi connectivity index (χ2v) is 9.32. The number of methoxy groups -OCH3 is 1. The maximum atomic E-state index is 13.0. The zero-order valence-electron chi connectivity index (χ0n) is 17.1. The summed E-state index contributed by atoms with van der Waals surface area (Å²) in [4.78, 5) is 14.7. The first-order valence-electron chi connectivity index (χ1n) is 10.0. The molecule has 1 aromatic rings. The Bertz CT molecular complexity index is 799. The third kappa shape index (κ3) is 5.28. The van der Waals surface area contributed by atoms with Crippen LogP contribution in [0.2, 0.25) is 0 Å². The number of morpholine rings is 1. The minimum atomic E-state index is -3.59. The van der Waals surface area contributed by atoms with Crippen molar-refractivity contribution in [3.63, 3.8) is 0 Å². The van der Waals surface area contributed by atoms with Crippen LogP contribution in [0.15, 0.2) is 23.1 Å². The summed E-state index contributed by atoms with van der Waals surface area (Å²) in [6.45, 7) is 5.81. The normalized spacial score (nSPS) is 19.3. The Morgan fingerprint density at radius 1 is 1.14 bits per heavy atom. The van der Waals surface area contributed by atoms with Crippen LogP contribution < -0.4 is 4.74 Å². The summed E-state index contributed by atoms with van der Waals surface area (Å²) in [6.07, 6.45) is 1.10. The Morgan fingerprint density at radius 3 is 2.45 bits per heavy atom. The maximum Gasteiger partial charge on any atom is 0.243 e. The van der Waals surface area contributed by atoms with E-state index in [1.165, 1.54) is 4.31 Å². The molecular formula is C20H30N2O6S. The molecule has 9 heteroatoms. The van der Waals surface area contributed by atoms with Crippen LogP contribution in [0.1, 0.15) is 18.4 Å². The summed E-state index contributed by atoms with van der Waals surface area (Å²) in [7, 11) is -1.99. The Balaban J connectivity index is 1.60. The quantitative estimate of drug-likeness (QED) is 0.611. The predicted octanol–water partition coefficient (Wildman–Crippen LogP) is 1.28. The molecule has 0 spiro atoms. The van der Waals surface area contributed by atoms with Crippen LogP contribution in [0, 0.1) is 12.8 Å². The average molecular weight is 427 g/mol. The smallest absolute Gasteiger partial charge is 0.243 e. The van der Waals surface area contributed by atoms with Gasteiger partial charge in [0.2, 0.25) is 15.9 Å². The van der Waals surface area contributed by atoms with Gasteiger partial charge >= 0.3 is 0 Å². The van der Waals surface area contributed by atoms with Gasteiger partial charge in [0.25, 0.3) is 0 Å². The van der Waals surface area contributed by atoms with E-state index in [9.17, 15) is 13.2 Å². The van der Waals surface area contributed by atoms with Gasteiger partial charge in [0.1, 0.15) is 12.4 Å². The standard InChI is InChI=1S/C20H30N2O6S/c1-16-15-18(3-4-19(16)28-14-13-26-2)29(24,25)22-7-5-17(6-8-22)20(23)21-9-11-27-12-10-21/h3-4,15,17H,5-14H2,1-2H3. The molecule has 162 valence electrons. The summed E-state index contributed by atoms with van der Waals surface area (Å²) in [5.74, 6) is 0.660. The van der Waals surface area contributed by atoms with Gasteiger partial charge in [-0.1, -0.05) is 0 Å². The third-order valence-corrected chi connectivity index (χ3v) is 7.35. The zero-order valence-corrected chi connectivity index (χ0v) is 17.9. The van der Waals surface area contributed by atoms with E-state index in [-0.39, 0.29) is 16.7 Å².